The van der Waals surface area contributed by atoms with Crippen molar-refractivity contribution in [3.05, 3.63) is 17.1 Å². The van der Waals surface area contributed by atoms with Crippen molar-refractivity contribution in [3.63, 3.8) is 0 Å². The summed E-state index contributed by atoms with van der Waals surface area (Å²) in [5, 5.41) is 0.163. The predicted octanol–water partition coefficient (Wildman–Crippen LogP) is 1.11. The molecule has 1 aromatic heterocycles. The van der Waals surface area contributed by atoms with Gasteiger partial charge in [-0.2, -0.15) is 0 Å². The number of hydrogen-bond donors (Lipinski definition) is 0. The van der Waals surface area contributed by atoms with Gasteiger partial charge in [-0.1, -0.05) is 6.92 Å². The summed E-state index contributed by atoms with van der Waals surface area (Å²) in [5.74, 6) is 1.14. The fraction of sp³-hybridized carbons (Fsp3) is 0.750. The minimum Gasteiger partial charge on any atom is -0.429 e. The number of rotatable bonds is 1. The van der Waals surface area contributed by atoms with Crippen molar-refractivity contribution >= 4 is 7.85 Å². The molecule has 16 heavy (non-hydrogen) atoms. The zero-order valence-corrected chi connectivity index (χ0v) is 11.0. The van der Waals surface area contributed by atoms with Crippen molar-refractivity contribution in [2.45, 2.75) is 51.4 Å². The Bertz CT molecular complexity index is 454. The highest BCUT2D eigenvalue weighted by atomic mass is 16.4. The second kappa shape index (κ2) is 3.83. The van der Waals surface area contributed by atoms with Gasteiger partial charge in [0.15, 0.2) is 0 Å². The lowest BCUT2D eigenvalue weighted by Gasteiger charge is -2.27. The minimum absolute atomic E-state index is 0.163. The Morgan fingerprint density at radius 2 is 2.19 bits per heavy atom. The van der Waals surface area contributed by atoms with Gasteiger partial charge in [0.05, 0.1) is 5.69 Å². The number of aromatic nitrogens is 1. The average Bonchev–Trinajstić information content (AvgIpc) is 2.45. The lowest BCUT2D eigenvalue weighted by molar-refractivity contribution is 0.371. The zero-order chi connectivity index (χ0) is 11.9. The zero-order valence-electron chi connectivity index (χ0n) is 11.0. The molecule has 1 aromatic rings. The quantitative estimate of drug-likeness (QED) is 0.652. The molecule has 1 heterocycles. The lowest BCUT2D eigenvalue weighted by Crippen LogP contribution is -2.27. The molecule has 2 rings (SSSR count). The summed E-state index contributed by atoms with van der Waals surface area (Å²) in [7, 11) is 4.32. The summed E-state index contributed by atoms with van der Waals surface area (Å²) >= 11 is 0. The second-order valence-electron chi connectivity index (χ2n) is 5.68. The van der Waals surface area contributed by atoms with Crippen molar-refractivity contribution in [2.75, 3.05) is 0 Å². The van der Waals surface area contributed by atoms with Gasteiger partial charge in [0, 0.05) is 13.1 Å². The van der Waals surface area contributed by atoms with Crippen LogP contribution in [0.4, 0.5) is 0 Å². The predicted molar refractivity (Wildman–Crippen MR) is 67.2 cm³/mol. The Hall–Kier alpha value is -0.925. The first kappa shape index (κ1) is 11.6. The summed E-state index contributed by atoms with van der Waals surface area (Å²) in [6.07, 6.45) is 3.56. The van der Waals surface area contributed by atoms with E-state index in [0.717, 1.165) is 17.9 Å². The third kappa shape index (κ3) is 1.85. The number of hydrogen-bond acceptors (Lipinski definition) is 2. The van der Waals surface area contributed by atoms with Crippen LogP contribution in [0.1, 0.15) is 45.1 Å². The van der Waals surface area contributed by atoms with E-state index in [0.29, 0.717) is 0 Å². The SMILES string of the molecule is BC1(C)CCCc2c1o/c(=N\C(C)C)n2C. The van der Waals surface area contributed by atoms with Gasteiger partial charge < -0.3 is 4.42 Å². The van der Waals surface area contributed by atoms with Gasteiger partial charge in [-0.15, -0.1) is 0 Å². The molecule has 1 aliphatic carbocycles. The molecule has 0 N–H and O–H groups in total. The Labute approximate surface area is 98.0 Å². The Morgan fingerprint density at radius 1 is 1.50 bits per heavy atom. The topological polar surface area (TPSA) is 30.4 Å². The Balaban J connectivity index is 2.59. The monoisotopic (exact) mass is 220 g/mol. The molecule has 0 saturated carbocycles. The lowest BCUT2D eigenvalue weighted by atomic mass is 9.62. The molecule has 0 fully saturated rings. The first-order chi connectivity index (χ1) is 7.42. The normalized spacial score (nSPS) is 26.2. The molecule has 0 aromatic carbocycles. The van der Waals surface area contributed by atoms with Crippen LogP contribution in [-0.4, -0.2) is 18.5 Å². The van der Waals surface area contributed by atoms with Gasteiger partial charge in [-0.05, 0) is 38.4 Å². The van der Waals surface area contributed by atoms with Gasteiger partial charge in [-0.25, -0.2) is 4.99 Å². The highest BCUT2D eigenvalue weighted by Crippen LogP contribution is 2.33. The van der Waals surface area contributed by atoms with E-state index in [1.807, 2.05) is 0 Å². The highest BCUT2D eigenvalue weighted by Gasteiger charge is 2.32. The molecule has 1 atom stereocenters. The van der Waals surface area contributed by atoms with Gasteiger partial charge in [-0.3, -0.25) is 4.57 Å². The Morgan fingerprint density at radius 3 is 2.75 bits per heavy atom. The first-order valence-electron chi connectivity index (χ1n) is 6.15. The van der Waals surface area contributed by atoms with Gasteiger partial charge in [0.25, 0.3) is 5.68 Å². The maximum Gasteiger partial charge on any atom is 0.297 e. The van der Waals surface area contributed by atoms with Crippen LogP contribution in [0.5, 0.6) is 0 Å². The smallest absolute Gasteiger partial charge is 0.297 e. The summed E-state index contributed by atoms with van der Waals surface area (Å²) in [5.41, 5.74) is 2.10. The maximum atomic E-state index is 5.96. The third-order valence-corrected chi connectivity index (χ3v) is 3.35. The highest BCUT2D eigenvalue weighted by molar-refractivity contribution is 6.15. The van der Waals surface area contributed by atoms with E-state index in [1.54, 1.807) is 0 Å². The average molecular weight is 220 g/mol. The van der Waals surface area contributed by atoms with Crippen molar-refractivity contribution < 1.29 is 4.42 Å². The largest absolute Gasteiger partial charge is 0.429 e. The van der Waals surface area contributed by atoms with Crippen LogP contribution in [0.15, 0.2) is 9.41 Å². The van der Waals surface area contributed by atoms with E-state index in [1.165, 1.54) is 18.5 Å². The van der Waals surface area contributed by atoms with E-state index < -0.39 is 0 Å². The van der Waals surface area contributed by atoms with Crippen molar-refractivity contribution in [1.29, 1.82) is 0 Å². The van der Waals surface area contributed by atoms with E-state index in [4.69, 9.17) is 4.42 Å². The maximum absolute atomic E-state index is 5.96. The molecule has 0 spiro atoms. The van der Waals surface area contributed by atoms with E-state index in [2.05, 4.69) is 45.2 Å². The summed E-state index contributed by atoms with van der Waals surface area (Å²) in [6, 6.07) is 0.280. The van der Waals surface area contributed by atoms with Crippen molar-refractivity contribution in [3.8, 4) is 0 Å². The fourth-order valence-corrected chi connectivity index (χ4v) is 2.44. The first-order valence-corrected chi connectivity index (χ1v) is 6.15. The molecule has 4 heteroatoms. The molecule has 0 aliphatic heterocycles. The van der Waals surface area contributed by atoms with Crippen LogP contribution in [0.3, 0.4) is 0 Å². The summed E-state index contributed by atoms with van der Waals surface area (Å²) < 4.78 is 8.08. The van der Waals surface area contributed by atoms with Gasteiger partial charge in [0.2, 0.25) is 0 Å². The molecule has 3 nitrogen and oxygen atoms in total. The molecule has 1 unspecified atom stereocenters. The van der Waals surface area contributed by atoms with Gasteiger partial charge >= 0.3 is 0 Å². The fourth-order valence-electron chi connectivity index (χ4n) is 2.44. The van der Waals surface area contributed by atoms with E-state index in [9.17, 15) is 0 Å². The standard InChI is InChI=1S/C12H21BN2O/c1-8(2)14-11-15(4)9-6-5-7-12(3,13)10(9)16-11/h8H,5-7,13H2,1-4H3/b14-11-. The third-order valence-electron chi connectivity index (χ3n) is 3.35. The number of fused-ring (bicyclic) bond motifs is 1. The summed E-state index contributed by atoms with van der Waals surface area (Å²) in [4.78, 5) is 4.53. The van der Waals surface area contributed by atoms with Crippen LogP contribution < -0.4 is 5.68 Å². The molecule has 0 amide bonds. The van der Waals surface area contributed by atoms with E-state index >= 15 is 0 Å². The number of nitrogens with zero attached hydrogens (tertiary/aromatic N) is 2. The van der Waals surface area contributed by atoms with Crippen LogP contribution in [0.2, 0.25) is 0 Å². The van der Waals surface area contributed by atoms with Crippen LogP contribution in [-0.2, 0) is 18.8 Å². The molecule has 0 radical (unpaired) electrons. The second-order valence-corrected chi connectivity index (χ2v) is 5.68. The minimum atomic E-state index is 0.163. The molecular formula is C12H21BN2O. The number of oxazole rings is 1. The van der Waals surface area contributed by atoms with Crippen molar-refractivity contribution in [1.82, 2.24) is 4.57 Å². The van der Waals surface area contributed by atoms with Crippen LogP contribution in [0.25, 0.3) is 0 Å². The van der Waals surface area contributed by atoms with Crippen LogP contribution >= 0.6 is 0 Å². The van der Waals surface area contributed by atoms with Crippen molar-refractivity contribution in [2.24, 2.45) is 12.0 Å². The molecular weight excluding hydrogens is 199 g/mol. The van der Waals surface area contributed by atoms with Gasteiger partial charge in [0.1, 0.15) is 13.6 Å². The van der Waals surface area contributed by atoms with Crippen LogP contribution in [0, 0.1) is 0 Å². The molecule has 1 aliphatic rings. The molecule has 0 saturated heterocycles. The molecule has 0 bridgehead atoms. The van der Waals surface area contributed by atoms with E-state index in [-0.39, 0.29) is 11.4 Å². The Kier molecular flexibility index (Phi) is 2.76. The summed E-state index contributed by atoms with van der Waals surface area (Å²) in [6.45, 7) is 6.41. The molecule has 88 valence electrons.